The van der Waals surface area contributed by atoms with Gasteiger partial charge in [0.1, 0.15) is 0 Å². The third-order valence-corrected chi connectivity index (χ3v) is 4.64. The Morgan fingerprint density at radius 2 is 2.12 bits per heavy atom. The van der Waals surface area contributed by atoms with Gasteiger partial charge in [-0.15, -0.1) is 0 Å². The van der Waals surface area contributed by atoms with Gasteiger partial charge in [-0.3, -0.25) is 4.79 Å². The number of carbonyl (C=O) groups is 1. The van der Waals surface area contributed by atoms with E-state index < -0.39 is 9.05 Å². The van der Waals surface area contributed by atoms with Crippen molar-refractivity contribution in [3.8, 4) is 0 Å². The second kappa shape index (κ2) is 4.91. The molecule has 1 heterocycles. The molecular formula is C9H13ClN2O3S2. The van der Waals surface area contributed by atoms with E-state index in [2.05, 4.69) is 10.3 Å². The van der Waals surface area contributed by atoms with Crippen LogP contribution in [0.2, 0.25) is 0 Å². The van der Waals surface area contributed by atoms with Crippen LogP contribution in [0.5, 0.6) is 0 Å². The number of thiazole rings is 1. The molecule has 1 rings (SSSR count). The smallest absolute Gasteiger partial charge is 0.272 e. The van der Waals surface area contributed by atoms with E-state index in [-0.39, 0.29) is 20.7 Å². The molecule has 0 saturated heterocycles. The van der Waals surface area contributed by atoms with Gasteiger partial charge in [0.2, 0.25) is 5.91 Å². The Morgan fingerprint density at radius 1 is 1.53 bits per heavy atom. The van der Waals surface area contributed by atoms with Crippen LogP contribution in [0.15, 0.2) is 10.4 Å². The van der Waals surface area contributed by atoms with Crippen molar-refractivity contribution in [3.63, 3.8) is 0 Å². The van der Waals surface area contributed by atoms with Crippen molar-refractivity contribution in [2.24, 2.45) is 5.41 Å². The molecule has 0 bridgehead atoms. The van der Waals surface area contributed by atoms with Crippen molar-refractivity contribution >= 4 is 42.1 Å². The number of rotatable bonds is 3. The van der Waals surface area contributed by atoms with E-state index in [1.807, 2.05) is 20.8 Å². The fourth-order valence-electron chi connectivity index (χ4n) is 1.07. The van der Waals surface area contributed by atoms with Gasteiger partial charge in [0.05, 0.1) is 6.20 Å². The van der Waals surface area contributed by atoms with Crippen LogP contribution in [0.3, 0.4) is 0 Å². The molecule has 17 heavy (non-hydrogen) atoms. The monoisotopic (exact) mass is 296 g/mol. The molecule has 1 amide bonds. The first-order valence-corrected chi connectivity index (χ1v) is 7.91. The first-order chi connectivity index (χ1) is 7.58. The van der Waals surface area contributed by atoms with Crippen LogP contribution in [0.25, 0.3) is 0 Å². The van der Waals surface area contributed by atoms with E-state index in [4.69, 9.17) is 10.7 Å². The molecule has 8 heteroatoms. The second-order valence-corrected chi connectivity index (χ2v) is 8.53. The molecule has 0 aliphatic carbocycles. The molecule has 1 aromatic heterocycles. The molecular weight excluding hydrogens is 284 g/mol. The summed E-state index contributed by atoms with van der Waals surface area (Å²) in [6, 6.07) is 0. The lowest BCUT2D eigenvalue weighted by atomic mass is 9.92. The SMILES string of the molecule is CC(C)(C)CC(=O)Nc1ncc(S(=O)(=O)Cl)s1. The summed E-state index contributed by atoms with van der Waals surface area (Å²) in [5.41, 5.74) is -0.136. The second-order valence-electron chi connectivity index (χ2n) is 4.71. The van der Waals surface area contributed by atoms with Crippen molar-refractivity contribution in [1.29, 1.82) is 0 Å². The van der Waals surface area contributed by atoms with Crippen molar-refractivity contribution in [3.05, 3.63) is 6.20 Å². The number of anilines is 1. The van der Waals surface area contributed by atoms with Crippen LogP contribution in [0.4, 0.5) is 5.13 Å². The molecule has 1 aromatic rings. The van der Waals surface area contributed by atoms with Crippen molar-refractivity contribution in [2.75, 3.05) is 5.32 Å². The third-order valence-electron chi connectivity index (χ3n) is 1.66. The Balaban J connectivity index is 2.71. The van der Waals surface area contributed by atoms with Gasteiger partial charge in [-0.1, -0.05) is 32.1 Å². The van der Waals surface area contributed by atoms with Gasteiger partial charge < -0.3 is 5.32 Å². The maximum atomic E-state index is 11.6. The highest BCUT2D eigenvalue weighted by molar-refractivity contribution is 8.15. The molecule has 1 N–H and O–H groups in total. The van der Waals surface area contributed by atoms with E-state index >= 15 is 0 Å². The van der Waals surface area contributed by atoms with Gasteiger partial charge in [-0.25, -0.2) is 13.4 Å². The summed E-state index contributed by atoms with van der Waals surface area (Å²) in [5.74, 6) is -0.203. The average Bonchev–Trinajstić information content (AvgIpc) is 2.47. The number of hydrogen-bond donors (Lipinski definition) is 1. The van der Waals surface area contributed by atoms with Crippen LogP contribution < -0.4 is 5.32 Å². The van der Waals surface area contributed by atoms with Gasteiger partial charge in [-0.2, -0.15) is 0 Å². The minimum atomic E-state index is -3.78. The summed E-state index contributed by atoms with van der Waals surface area (Å²) in [5, 5.41) is 2.77. The number of carbonyl (C=O) groups excluding carboxylic acids is 1. The largest absolute Gasteiger partial charge is 0.302 e. The number of nitrogens with one attached hydrogen (secondary N) is 1. The number of halogens is 1. The number of nitrogens with zero attached hydrogens (tertiary/aromatic N) is 1. The molecule has 0 aliphatic rings. The number of amides is 1. The van der Waals surface area contributed by atoms with E-state index in [0.29, 0.717) is 6.42 Å². The van der Waals surface area contributed by atoms with E-state index in [1.165, 1.54) is 0 Å². The molecule has 0 aliphatic heterocycles. The minimum absolute atomic E-state index is 0.0785. The molecule has 0 fully saturated rings. The first-order valence-electron chi connectivity index (χ1n) is 4.78. The highest BCUT2D eigenvalue weighted by Gasteiger charge is 2.19. The summed E-state index contributed by atoms with van der Waals surface area (Å²) in [6.07, 6.45) is 1.45. The van der Waals surface area contributed by atoms with Crippen molar-refractivity contribution in [1.82, 2.24) is 4.98 Å². The fraction of sp³-hybridized carbons (Fsp3) is 0.556. The van der Waals surface area contributed by atoms with Gasteiger partial charge in [0.25, 0.3) is 9.05 Å². The van der Waals surface area contributed by atoms with Crippen molar-refractivity contribution < 1.29 is 13.2 Å². The van der Waals surface area contributed by atoms with Gasteiger partial charge in [0.15, 0.2) is 9.34 Å². The Labute approximate surface area is 109 Å². The van der Waals surface area contributed by atoms with Crippen molar-refractivity contribution in [2.45, 2.75) is 31.4 Å². The molecule has 0 aromatic carbocycles. The van der Waals surface area contributed by atoms with Gasteiger partial charge in [-0.05, 0) is 5.41 Å². The summed E-state index contributed by atoms with van der Waals surface area (Å²) in [7, 11) is 1.37. The average molecular weight is 297 g/mol. The highest BCUT2D eigenvalue weighted by atomic mass is 35.7. The van der Waals surface area contributed by atoms with Crippen LogP contribution >= 0.6 is 22.0 Å². The van der Waals surface area contributed by atoms with Crippen LogP contribution in [0.1, 0.15) is 27.2 Å². The molecule has 0 atom stereocenters. The lowest BCUT2D eigenvalue weighted by Gasteiger charge is -2.16. The Bertz CT molecular complexity index is 517. The highest BCUT2D eigenvalue weighted by Crippen LogP contribution is 2.26. The van der Waals surface area contributed by atoms with Crippen LogP contribution in [0, 0.1) is 5.41 Å². The number of aromatic nitrogens is 1. The molecule has 5 nitrogen and oxygen atoms in total. The Morgan fingerprint density at radius 3 is 2.53 bits per heavy atom. The lowest BCUT2D eigenvalue weighted by molar-refractivity contribution is -0.117. The molecule has 0 spiro atoms. The summed E-state index contributed by atoms with van der Waals surface area (Å²) < 4.78 is 21.9. The Hall–Kier alpha value is -0.660. The topological polar surface area (TPSA) is 76.1 Å². The predicted molar refractivity (Wildman–Crippen MR) is 67.9 cm³/mol. The van der Waals surface area contributed by atoms with Crippen LogP contribution in [-0.4, -0.2) is 19.3 Å². The minimum Gasteiger partial charge on any atom is -0.302 e. The van der Waals surface area contributed by atoms with E-state index in [9.17, 15) is 13.2 Å². The van der Waals surface area contributed by atoms with Gasteiger partial charge in [0, 0.05) is 17.1 Å². The molecule has 96 valence electrons. The van der Waals surface area contributed by atoms with Gasteiger partial charge >= 0.3 is 0 Å². The zero-order chi connectivity index (χ0) is 13.3. The zero-order valence-electron chi connectivity index (χ0n) is 9.65. The summed E-state index contributed by atoms with van der Waals surface area (Å²) >= 11 is 0.831. The third kappa shape index (κ3) is 5.01. The zero-order valence-corrected chi connectivity index (χ0v) is 12.0. The fourth-order valence-corrected chi connectivity index (χ4v) is 2.86. The summed E-state index contributed by atoms with van der Waals surface area (Å²) in [6.45, 7) is 5.80. The normalized spacial score (nSPS) is 12.5. The Kier molecular flexibility index (Phi) is 4.16. The maximum Gasteiger partial charge on any atom is 0.272 e. The lowest BCUT2D eigenvalue weighted by Crippen LogP contribution is -2.19. The van der Waals surface area contributed by atoms with E-state index in [0.717, 1.165) is 17.5 Å². The standard InChI is InChI=1S/C9H13ClN2O3S2/c1-9(2,3)4-6(13)12-8-11-5-7(16-8)17(10,14)15/h5H,4H2,1-3H3,(H,11,12,13). The first kappa shape index (κ1) is 14.4. The molecule has 0 radical (unpaired) electrons. The molecule has 0 unspecified atom stereocenters. The quantitative estimate of drug-likeness (QED) is 0.869. The van der Waals surface area contributed by atoms with Crippen LogP contribution in [-0.2, 0) is 13.8 Å². The predicted octanol–water partition coefficient (Wildman–Crippen LogP) is 2.45. The maximum absolute atomic E-state index is 11.6. The molecule has 0 saturated carbocycles. The summed E-state index contributed by atoms with van der Waals surface area (Å²) in [4.78, 5) is 15.3. The van der Waals surface area contributed by atoms with E-state index in [1.54, 1.807) is 0 Å². The number of hydrogen-bond acceptors (Lipinski definition) is 5.